The first kappa shape index (κ1) is 49.4. The van der Waals surface area contributed by atoms with E-state index in [-0.39, 0.29) is 43.6 Å². The molecule has 1 aliphatic rings. The van der Waals surface area contributed by atoms with Gasteiger partial charge in [0.1, 0.15) is 5.41 Å². The molecule has 2 atom stereocenters. The molecule has 0 saturated heterocycles. The van der Waals surface area contributed by atoms with Gasteiger partial charge in [0.05, 0.1) is 55.4 Å². The molecule has 0 aromatic rings. The van der Waals surface area contributed by atoms with Gasteiger partial charge in [-0.1, -0.05) is 63.3 Å². The van der Waals surface area contributed by atoms with Crippen LogP contribution in [-0.2, 0) is 71.1 Å². The molecule has 0 heterocycles. The van der Waals surface area contributed by atoms with Crippen molar-refractivity contribution in [3.63, 3.8) is 0 Å². The normalized spacial score (nSPS) is 18.7. The fourth-order valence-electron chi connectivity index (χ4n) is 6.23. The van der Waals surface area contributed by atoms with Crippen LogP contribution in [0.3, 0.4) is 0 Å². The maximum absolute atomic E-state index is 13.3. The highest BCUT2D eigenvalue weighted by Crippen LogP contribution is 2.65. The van der Waals surface area contributed by atoms with E-state index < -0.39 is 77.9 Å². The lowest BCUT2D eigenvalue weighted by atomic mass is 9.78. The third-order valence-corrected chi connectivity index (χ3v) is 15.4. The molecule has 56 heavy (non-hydrogen) atoms. The van der Waals surface area contributed by atoms with Gasteiger partial charge in [-0.05, 0) is 63.1 Å². The molecule has 0 aliphatic heterocycles. The molecule has 1 saturated carbocycles. The van der Waals surface area contributed by atoms with Gasteiger partial charge in [0, 0.05) is 0 Å². The first-order chi connectivity index (χ1) is 26.1. The van der Waals surface area contributed by atoms with Gasteiger partial charge >= 0.3 is 41.8 Å². The second kappa shape index (κ2) is 20.5. The molecule has 16 heteroatoms. The van der Waals surface area contributed by atoms with Gasteiger partial charge in [-0.25, -0.2) is 0 Å². The van der Waals surface area contributed by atoms with Crippen molar-refractivity contribution in [2.75, 3.05) is 49.8 Å². The lowest BCUT2D eigenvalue weighted by Crippen LogP contribution is -2.46. The van der Waals surface area contributed by atoms with Crippen LogP contribution in [0.5, 0.6) is 0 Å². The van der Waals surface area contributed by atoms with Gasteiger partial charge in [-0.15, -0.1) is 6.58 Å². The zero-order valence-corrected chi connectivity index (χ0v) is 35.9. The van der Waals surface area contributed by atoms with Crippen molar-refractivity contribution in [3.05, 3.63) is 49.1 Å². The Morgan fingerprint density at radius 2 is 0.982 bits per heavy atom. The van der Waals surface area contributed by atoms with E-state index >= 15 is 0 Å². The van der Waals surface area contributed by atoms with E-state index in [1.165, 1.54) is 31.4 Å². The summed E-state index contributed by atoms with van der Waals surface area (Å²) in [5, 5.41) is -0.150. The summed E-state index contributed by atoms with van der Waals surface area (Å²) in [6.07, 6.45) is 9.87. The van der Waals surface area contributed by atoms with Gasteiger partial charge in [0.25, 0.3) is 0 Å². The van der Waals surface area contributed by atoms with Crippen molar-refractivity contribution in [2.24, 2.45) is 22.2 Å². The maximum Gasteiger partial charge on any atom is 0.323 e. The number of hydrogen-bond donors (Lipinski definition) is 0. The molecule has 0 radical (unpaired) electrons. The molecule has 0 N–H and O–H groups in total. The number of carbonyl (C=O) groups is 7. The summed E-state index contributed by atoms with van der Waals surface area (Å²) in [7, 11) is 5.60. The molecule has 15 nitrogen and oxygen atoms in total. The Kier molecular flexibility index (Phi) is 18.1. The molecular weight excluding hydrogens is 749 g/mol. The maximum atomic E-state index is 13.3. The van der Waals surface area contributed by atoms with Gasteiger partial charge in [-0.3, -0.25) is 33.6 Å². The lowest BCUT2D eigenvalue weighted by Gasteiger charge is -2.40. The molecule has 0 aromatic heterocycles. The minimum atomic E-state index is -2.37. The van der Waals surface area contributed by atoms with Gasteiger partial charge < -0.3 is 37.6 Å². The second-order valence-corrected chi connectivity index (χ2v) is 19.8. The zero-order valence-electron chi connectivity index (χ0n) is 34.9. The van der Waals surface area contributed by atoms with Crippen LogP contribution in [0, 0.1) is 22.2 Å². The summed E-state index contributed by atoms with van der Waals surface area (Å²) in [4.78, 5) is 90.4. The predicted molar refractivity (Wildman–Crippen MR) is 206 cm³/mol. The van der Waals surface area contributed by atoms with Gasteiger partial charge in [0.2, 0.25) is 0 Å². The molecule has 314 valence electrons. The summed E-state index contributed by atoms with van der Waals surface area (Å²) in [6.45, 7) is 14.4. The topological polar surface area (TPSA) is 193 Å². The third-order valence-electron chi connectivity index (χ3n) is 10.9. The SMILES string of the molecule is C=CC1(O[Si](C)(C)C(C)(C)C)CC1(C/C=C/CC(C/C=C/CC(C/C=C/CC(C(=O)OC)C(=O)OC)(C(=O)OC)C(=O)OC)(C(=O)OC)C(=O)OC)C(=O)OC. The van der Waals surface area contributed by atoms with E-state index in [0.29, 0.717) is 6.42 Å². The number of ether oxygens (including phenoxy) is 7. The number of methoxy groups -OCH3 is 7. The van der Waals surface area contributed by atoms with Crippen LogP contribution >= 0.6 is 0 Å². The number of esters is 7. The minimum absolute atomic E-state index is 0.150. The van der Waals surface area contributed by atoms with Crippen molar-refractivity contribution in [1.82, 2.24) is 0 Å². The van der Waals surface area contributed by atoms with E-state index in [9.17, 15) is 33.6 Å². The summed E-state index contributed by atoms with van der Waals surface area (Å²) in [5.41, 5.74) is -5.88. The average molecular weight is 809 g/mol. The van der Waals surface area contributed by atoms with Crippen molar-refractivity contribution >= 4 is 50.1 Å². The van der Waals surface area contributed by atoms with E-state index in [1.807, 2.05) is 0 Å². The van der Waals surface area contributed by atoms with Gasteiger partial charge in [0.15, 0.2) is 25.1 Å². The van der Waals surface area contributed by atoms with Crippen LogP contribution in [0.4, 0.5) is 0 Å². The van der Waals surface area contributed by atoms with Crippen molar-refractivity contribution < 1.29 is 71.1 Å². The third kappa shape index (κ3) is 10.6. The second-order valence-electron chi connectivity index (χ2n) is 15.1. The Morgan fingerprint density at radius 1 is 0.607 bits per heavy atom. The Balaban J connectivity index is 3.49. The van der Waals surface area contributed by atoms with Crippen LogP contribution in [0.25, 0.3) is 0 Å². The molecule has 1 fully saturated rings. The Hall–Kier alpha value is -4.57. The molecule has 1 rings (SSSR count). The quantitative estimate of drug-likeness (QED) is 0.0459. The van der Waals surface area contributed by atoms with E-state index in [0.717, 1.165) is 42.7 Å². The summed E-state index contributed by atoms with van der Waals surface area (Å²) in [5.74, 6) is -7.12. The van der Waals surface area contributed by atoms with Crippen molar-refractivity contribution in [2.45, 2.75) is 89.5 Å². The fraction of sp³-hybridized carbons (Fsp3) is 0.625. The largest absolute Gasteiger partial charge is 0.468 e. The summed E-state index contributed by atoms with van der Waals surface area (Å²) >= 11 is 0. The van der Waals surface area contributed by atoms with Gasteiger partial charge in [-0.2, -0.15) is 0 Å². The van der Waals surface area contributed by atoms with Crippen LogP contribution < -0.4 is 0 Å². The summed E-state index contributed by atoms with van der Waals surface area (Å²) in [6, 6.07) is 0. The highest BCUT2D eigenvalue weighted by atomic mass is 28.4. The first-order valence-corrected chi connectivity index (χ1v) is 20.9. The van der Waals surface area contributed by atoms with Crippen LogP contribution in [0.1, 0.15) is 65.7 Å². The van der Waals surface area contributed by atoms with Crippen LogP contribution in [0.2, 0.25) is 18.1 Å². The molecule has 2 unspecified atom stereocenters. The predicted octanol–water partition coefficient (Wildman–Crippen LogP) is 5.13. The molecular formula is C40H60O15Si. The standard InChI is InChI=1S/C40H60O15Si/c1-14-40(55-56(12,13)36(2,3)4)27-39(40,35(47)54-11)26-20-19-25-38(33(45)52-9,34(46)53-10)24-18-17-23-37(31(43)50-7,32(44)51-8)22-16-15-21-28(29(41)48-5)30(42)49-6/h14-20,28H,1,21-27H2,2-13H3/b16-15+,18-17+,20-19+. The molecule has 0 spiro atoms. The van der Waals surface area contributed by atoms with E-state index in [4.69, 9.17) is 28.1 Å². The van der Waals surface area contributed by atoms with Crippen molar-refractivity contribution in [1.29, 1.82) is 0 Å². The first-order valence-electron chi connectivity index (χ1n) is 18.0. The highest BCUT2D eigenvalue weighted by molar-refractivity contribution is 6.74. The average Bonchev–Trinajstić information content (AvgIpc) is 3.83. The lowest BCUT2D eigenvalue weighted by molar-refractivity contribution is -0.170. The molecule has 0 amide bonds. The van der Waals surface area contributed by atoms with Crippen molar-refractivity contribution in [3.8, 4) is 0 Å². The Labute approximate surface area is 331 Å². The Morgan fingerprint density at radius 3 is 1.30 bits per heavy atom. The number of rotatable bonds is 22. The zero-order chi connectivity index (χ0) is 43.2. The summed E-state index contributed by atoms with van der Waals surface area (Å²) < 4.78 is 41.3. The minimum Gasteiger partial charge on any atom is -0.468 e. The number of hydrogen-bond acceptors (Lipinski definition) is 15. The monoisotopic (exact) mass is 808 g/mol. The highest BCUT2D eigenvalue weighted by Gasteiger charge is 2.73. The smallest absolute Gasteiger partial charge is 0.323 e. The van der Waals surface area contributed by atoms with E-state index in [1.54, 1.807) is 18.2 Å². The van der Waals surface area contributed by atoms with Crippen LogP contribution in [-0.4, -0.2) is 105 Å². The Bertz CT molecular complexity index is 1500. The molecule has 0 bridgehead atoms. The fourth-order valence-corrected chi connectivity index (χ4v) is 7.80. The molecule has 1 aliphatic carbocycles. The molecule has 0 aromatic carbocycles. The number of carbonyl (C=O) groups excluding carboxylic acids is 7. The van der Waals surface area contributed by atoms with Crippen LogP contribution in [0.15, 0.2) is 49.1 Å². The van der Waals surface area contributed by atoms with E-state index in [2.05, 4.69) is 49.9 Å². The number of allylic oxidation sites excluding steroid dienone is 6.